The van der Waals surface area contributed by atoms with E-state index in [1.807, 2.05) is 30.3 Å². The monoisotopic (exact) mass is 386 g/mol. The average molecular weight is 386 g/mol. The van der Waals surface area contributed by atoms with Crippen LogP contribution in [0.1, 0.15) is 36.0 Å². The largest absolute Gasteiger partial charge is 0.550 e. The van der Waals surface area contributed by atoms with Crippen LogP contribution in [0, 0.1) is 11.8 Å². The molecule has 1 aromatic carbocycles. The van der Waals surface area contributed by atoms with E-state index in [-0.39, 0.29) is 5.56 Å². The second-order valence-electron chi connectivity index (χ2n) is 6.52. The zero-order valence-electron chi connectivity index (χ0n) is 14.9. The lowest BCUT2D eigenvalue weighted by molar-refractivity contribution is -0.313. The molecule has 3 rings (SSSR count). The van der Waals surface area contributed by atoms with Crippen molar-refractivity contribution in [2.24, 2.45) is 11.8 Å². The number of carbonyl (C=O) groups excluding carboxylic acids is 3. The Labute approximate surface area is 161 Å². The number of amides is 1. The summed E-state index contributed by atoms with van der Waals surface area (Å²) in [4.78, 5) is 36.5. The smallest absolute Gasteiger partial charge is 0.341 e. The Kier molecular flexibility index (Phi) is 5.91. The van der Waals surface area contributed by atoms with Gasteiger partial charge in [0.1, 0.15) is 10.6 Å². The first kappa shape index (κ1) is 19.1. The Morgan fingerprint density at radius 3 is 2.41 bits per heavy atom. The number of thiophene rings is 1. The molecule has 142 valence electrons. The number of hydrogen-bond acceptors (Lipinski definition) is 6. The molecule has 1 aliphatic carbocycles. The fraction of sp³-hybridized carbons (Fsp3) is 0.350. The first-order valence-corrected chi connectivity index (χ1v) is 9.67. The van der Waals surface area contributed by atoms with Crippen LogP contribution in [0.15, 0.2) is 35.7 Å². The van der Waals surface area contributed by atoms with Crippen molar-refractivity contribution in [3.8, 4) is 11.1 Å². The number of methoxy groups -OCH3 is 1. The fourth-order valence-corrected chi connectivity index (χ4v) is 4.48. The van der Waals surface area contributed by atoms with Crippen molar-refractivity contribution >= 4 is 34.2 Å². The van der Waals surface area contributed by atoms with Gasteiger partial charge < -0.3 is 20.0 Å². The summed E-state index contributed by atoms with van der Waals surface area (Å²) in [7, 11) is 1.29. The van der Waals surface area contributed by atoms with E-state index in [0.29, 0.717) is 23.4 Å². The highest BCUT2D eigenvalue weighted by Crippen LogP contribution is 2.37. The number of anilines is 1. The third-order valence-electron chi connectivity index (χ3n) is 4.91. The summed E-state index contributed by atoms with van der Waals surface area (Å²) in [6.07, 6.45) is 2.50. The molecule has 0 spiro atoms. The molecule has 2 aromatic rings. The van der Waals surface area contributed by atoms with Gasteiger partial charge in [0.2, 0.25) is 5.91 Å². The van der Waals surface area contributed by atoms with E-state index in [4.69, 9.17) is 4.74 Å². The van der Waals surface area contributed by atoms with E-state index in [1.54, 1.807) is 5.38 Å². The van der Waals surface area contributed by atoms with Crippen molar-refractivity contribution < 1.29 is 24.2 Å². The highest BCUT2D eigenvalue weighted by molar-refractivity contribution is 7.15. The average Bonchev–Trinajstić information content (AvgIpc) is 3.11. The van der Waals surface area contributed by atoms with Crippen LogP contribution in [0.4, 0.5) is 5.00 Å². The van der Waals surface area contributed by atoms with Crippen LogP contribution in [0.2, 0.25) is 0 Å². The van der Waals surface area contributed by atoms with Gasteiger partial charge in [-0.05, 0) is 18.4 Å². The van der Waals surface area contributed by atoms with Gasteiger partial charge >= 0.3 is 5.97 Å². The van der Waals surface area contributed by atoms with Gasteiger partial charge in [-0.25, -0.2) is 4.79 Å². The first-order chi connectivity index (χ1) is 13.0. The molecule has 1 amide bonds. The molecule has 0 unspecified atom stereocenters. The molecule has 0 saturated heterocycles. The van der Waals surface area contributed by atoms with Crippen LogP contribution in [0.3, 0.4) is 0 Å². The van der Waals surface area contributed by atoms with E-state index in [1.165, 1.54) is 18.4 Å². The SMILES string of the molecule is COC(=O)c1c(-c2ccccc2)csc1NC(=O)[C@H]1CCCC[C@H]1C(=O)[O-]. The number of carboxylic acid groups (broad SMARTS) is 1. The zero-order chi connectivity index (χ0) is 19.4. The minimum atomic E-state index is -1.20. The molecule has 7 heteroatoms. The summed E-state index contributed by atoms with van der Waals surface area (Å²) >= 11 is 1.22. The van der Waals surface area contributed by atoms with Crippen molar-refractivity contribution in [1.29, 1.82) is 0 Å². The van der Waals surface area contributed by atoms with Crippen molar-refractivity contribution in [3.63, 3.8) is 0 Å². The molecule has 1 saturated carbocycles. The quantitative estimate of drug-likeness (QED) is 0.797. The fourth-order valence-electron chi connectivity index (χ4n) is 3.52. The van der Waals surface area contributed by atoms with Gasteiger partial charge in [0.15, 0.2) is 0 Å². The number of aliphatic carboxylic acids is 1. The number of esters is 1. The van der Waals surface area contributed by atoms with Gasteiger partial charge in [-0.2, -0.15) is 0 Å². The Bertz CT molecular complexity index is 845. The van der Waals surface area contributed by atoms with Crippen molar-refractivity contribution in [1.82, 2.24) is 0 Å². The molecule has 0 aliphatic heterocycles. The maximum absolute atomic E-state index is 12.7. The van der Waals surface area contributed by atoms with Crippen LogP contribution < -0.4 is 10.4 Å². The molecule has 2 atom stereocenters. The van der Waals surface area contributed by atoms with Crippen LogP contribution >= 0.6 is 11.3 Å². The number of nitrogens with one attached hydrogen (secondary N) is 1. The Balaban J connectivity index is 1.90. The summed E-state index contributed by atoms with van der Waals surface area (Å²) < 4.78 is 4.90. The van der Waals surface area contributed by atoms with Crippen molar-refractivity contribution in [2.45, 2.75) is 25.7 Å². The number of rotatable bonds is 5. The second kappa shape index (κ2) is 8.35. The molecule has 1 N–H and O–H groups in total. The van der Waals surface area contributed by atoms with Crippen LogP contribution in [0.25, 0.3) is 11.1 Å². The predicted molar refractivity (Wildman–Crippen MR) is 100 cm³/mol. The van der Waals surface area contributed by atoms with Crippen LogP contribution in [0.5, 0.6) is 0 Å². The molecular weight excluding hydrogens is 366 g/mol. The zero-order valence-corrected chi connectivity index (χ0v) is 15.7. The number of carbonyl (C=O) groups is 3. The van der Waals surface area contributed by atoms with E-state index in [0.717, 1.165) is 18.4 Å². The van der Waals surface area contributed by atoms with Gasteiger partial charge in [-0.15, -0.1) is 11.3 Å². The standard InChI is InChI=1S/C20H21NO5S/c1-26-20(25)16-15(12-7-3-2-4-8-12)11-27-18(16)21-17(22)13-9-5-6-10-14(13)19(23)24/h2-4,7-8,11,13-14H,5-6,9-10H2,1H3,(H,21,22)(H,23,24)/p-1/t13-,14+/m0/s1. The van der Waals surface area contributed by atoms with Gasteiger partial charge in [-0.3, -0.25) is 4.79 Å². The molecule has 1 aliphatic rings. The normalized spacial score (nSPS) is 19.3. The molecular formula is C20H20NO5S-. The molecule has 1 aromatic heterocycles. The topological polar surface area (TPSA) is 95.5 Å². The highest BCUT2D eigenvalue weighted by atomic mass is 32.1. The van der Waals surface area contributed by atoms with E-state index < -0.39 is 29.7 Å². The third-order valence-corrected chi connectivity index (χ3v) is 5.80. The Morgan fingerprint density at radius 1 is 1.11 bits per heavy atom. The predicted octanol–water partition coefficient (Wildman–Crippen LogP) is 2.70. The number of carboxylic acids is 1. The lowest BCUT2D eigenvalue weighted by atomic mass is 9.79. The summed E-state index contributed by atoms with van der Waals surface area (Å²) in [6, 6.07) is 9.33. The summed E-state index contributed by atoms with van der Waals surface area (Å²) in [5.41, 5.74) is 1.78. The van der Waals surface area contributed by atoms with Crippen molar-refractivity contribution in [3.05, 3.63) is 41.3 Å². The maximum Gasteiger partial charge on any atom is 0.341 e. The molecule has 1 heterocycles. The molecule has 6 nitrogen and oxygen atoms in total. The minimum Gasteiger partial charge on any atom is -0.550 e. The maximum atomic E-state index is 12.7. The second-order valence-corrected chi connectivity index (χ2v) is 7.40. The molecule has 0 radical (unpaired) electrons. The molecule has 0 bridgehead atoms. The van der Waals surface area contributed by atoms with Crippen molar-refractivity contribution in [2.75, 3.05) is 12.4 Å². The minimum absolute atomic E-state index is 0.280. The lowest BCUT2D eigenvalue weighted by Gasteiger charge is -2.31. The van der Waals surface area contributed by atoms with Gasteiger partial charge in [-0.1, -0.05) is 43.2 Å². The Morgan fingerprint density at radius 2 is 1.78 bits per heavy atom. The Hall–Kier alpha value is -2.67. The van der Waals surface area contributed by atoms with E-state index >= 15 is 0 Å². The lowest BCUT2D eigenvalue weighted by Crippen LogP contribution is -2.42. The molecule has 1 fully saturated rings. The number of ether oxygens (including phenoxy) is 1. The van der Waals surface area contributed by atoms with Gasteiger partial charge in [0, 0.05) is 28.7 Å². The summed E-state index contributed by atoms with van der Waals surface area (Å²) in [5, 5.41) is 16.3. The molecule has 27 heavy (non-hydrogen) atoms. The van der Waals surface area contributed by atoms with Crippen LogP contribution in [-0.4, -0.2) is 25.0 Å². The van der Waals surface area contributed by atoms with E-state index in [9.17, 15) is 19.5 Å². The number of benzene rings is 1. The van der Waals surface area contributed by atoms with Crippen LogP contribution in [-0.2, 0) is 14.3 Å². The van der Waals surface area contributed by atoms with Gasteiger partial charge in [0.25, 0.3) is 0 Å². The summed E-state index contributed by atoms with van der Waals surface area (Å²) in [6.45, 7) is 0. The van der Waals surface area contributed by atoms with E-state index in [2.05, 4.69) is 5.32 Å². The van der Waals surface area contributed by atoms with Gasteiger partial charge in [0.05, 0.1) is 7.11 Å². The first-order valence-electron chi connectivity index (χ1n) is 8.80. The number of hydrogen-bond donors (Lipinski definition) is 1. The highest BCUT2D eigenvalue weighted by Gasteiger charge is 2.33. The summed E-state index contributed by atoms with van der Waals surface area (Å²) in [5.74, 6) is -3.59. The third kappa shape index (κ3) is 4.03.